The number of amides is 1. The van der Waals surface area contributed by atoms with Gasteiger partial charge in [0, 0.05) is 0 Å². The van der Waals surface area contributed by atoms with Crippen molar-refractivity contribution >= 4 is 17.8 Å². The maximum atomic E-state index is 10.4. The van der Waals surface area contributed by atoms with Gasteiger partial charge in [0.05, 0.1) is 6.54 Å². The summed E-state index contributed by atoms with van der Waals surface area (Å²) in [6.07, 6.45) is -0.801. The summed E-state index contributed by atoms with van der Waals surface area (Å²) in [7, 11) is 0. The third-order valence-electron chi connectivity index (χ3n) is 0.760. The number of hydrogen-bond acceptors (Lipinski definition) is 5. The van der Waals surface area contributed by atoms with Crippen LogP contribution < -0.4 is 11.2 Å². The largest absolute Gasteiger partial charge is 0.481 e. The second kappa shape index (κ2) is 5.08. The number of hydroxylamine groups is 1. The van der Waals surface area contributed by atoms with E-state index in [1.165, 1.54) is 0 Å². The van der Waals surface area contributed by atoms with Crippen LogP contribution in [0.4, 0.5) is 0 Å². The number of rotatable bonds is 3. The van der Waals surface area contributed by atoms with Gasteiger partial charge in [-0.15, -0.1) is 0 Å². The van der Waals surface area contributed by atoms with Crippen molar-refractivity contribution in [3.63, 3.8) is 0 Å². The molecule has 12 heavy (non-hydrogen) atoms. The Hall–Kier alpha value is -1.63. The quantitative estimate of drug-likeness (QED) is 0.338. The molecule has 7 nitrogen and oxygen atoms in total. The zero-order chi connectivity index (χ0) is 9.56. The minimum atomic E-state index is -1.33. The van der Waals surface area contributed by atoms with Crippen LogP contribution >= 0.6 is 0 Å². The summed E-state index contributed by atoms with van der Waals surface area (Å²) in [6.45, 7) is -0.333. The average Bonchev–Trinajstić information content (AvgIpc) is 1.99. The third-order valence-corrected chi connectivity index (χ3v) is 0.760. The molecule has 0 rings (SSSR count). The third kappa shape index (κ3) is 5.18. The van der Waals surface area contributed by atoms with E-state index in [4.69, 9.17) is 10.8 Å². The number of aliphatic carboxylic acids is 1. The van der Waals surface area contributed by atoms with Crippen LogP contribution in [0.25, 0.3) is 0 Å². The standard InChI is InChI=1S/C5H8N2O5/c6-2-3(8)7-12-5(11)1-4(9)10/h1-2,6H2,(H,7,8)(H,9,10). The lowest BCUT2D eigenvalue weighted by Crippen LogP contribution is -2.32. The summed E-state index contributed by atoms with van der Waals surface area (Å²) >= 11 is 0. The van der Waals surface area contributed by atoms with Gasteiger partial charge in [-0.1, -0.05) is 0 Å². The number of carbonyl (C=O) groups excluding carboxylic acids is 2. The predicted octanol–water partition coefficient (Wildman–Crippen LogP) is -2.01. The first-order valence-corrected chi connectivity index (χ1v) is 2.96. The molecule has 0 unspecified atom stereocenters. The summed E-state index contributed by atoms with van der Waals surface area (Å²) in [5.41, 5.74) is 6.50. The van der Waals surface area contributed by atoms with Crippen LogP contribution in [0.1, 0.15) is 6.42 Å². The smallest absolute Gasteiger partial charge is 0.343 e. The lowest BCUT2D eigenvalue weighted by atomic mass is 10.5. The number of hydrogen-bond donors (Lipinski definition) is 3. The molecule has 0 aromatic heterocycles. The molecule has 0 aromatic rings. The van der Waals surface area contributed by atoms with E-state index in [1.807, 2.05) is 0 Å². The number of nitrogens with one attached hydrogen (secondary N) is 1. The molecule has 0 spiro atoms. The highest BCUT2D eigenvalue weighted by atomic mass is 16.7. The summed E-state index contributed by atoms with van der Waals surface area (Å²) in [4.78, 5) is 34.6. The predicted molar refractivity (Wildman–Crippen MR) is 35.5 cm³/mol. The Morgan fingerprint density at radius 2 is 2.00 bits per heavy atom. The zero-order valence-corrected chi connectivity index (χ0v) is 6.07. The molecule has 0 heterocycles. The highest BCUT2D eigenvalue weighted by Crippen LogP contribution is 1.82. The molecule has 68 valence electrons. The first-order chi connectivity index (χ1) is 5.56. The molecular formula is C5H8N2O5. The molecule has 0 aliphatic rings. The second-order valence-electron chi connectivity index (χ2n) is 1.77. The van der Waals surface area contributed by atoms with E-state index in [-0.39, 0.29) is 6.54 Å². The SMILES string of the molecule is NCC(=O)NOC(=O)CC(=O)O. The monoisotopic (exact) mass is 176 g/mol. The van der Waals surface area contributed by atoms with Crippen molar-refractivity contribution in [2.75, 3.05) is 6.54 Å². The Balaban J connectivity index is 3.57. The van der Waals surface area contributed by atoms with Gasteiger partial charge in [0.15, 0.2) is 0 Å². The fourth-order valence-electron chi connectivity index (χ4n) is 0.315. The number of carboxylic acids is 1. The summed E-state index contributed by atoms with van der Waals surface area (Å²) < 4.78 is 0. The van der Waals surface area contributed by atoms with Crippen LogP contribution in [0.15, 0.2) is 0 Å². The Bertz CT molecular complexity index is 202. The Labute approximate surface area is 67.4 Å². The first kappa shape index (κ1) is 10.4. The molecule has 4 N–H and O–H groups in total. The molecular weight excluding hydrogens is 168 g/mol. The summed E-state index contributed by atoms with van der Waals surface area (Å²) in [5, 5.41) is 8.07. The van der Waals surface area contributed by atoms with Crippen molar-refractivity contribution in [2.45, 2.75) is 6.42 Å². The average molecular weight is 176 g/mol. The molecule has 0 saturated heterocycles. The van der Waals surface area contributed by atoms with E-state index in [0.717, 1.165) is 0 Å². The summed E-state index contributed by atoms with van der Waals surface area (Å²) in [6, 6.07) is 0. The van der Waals surface area contributed by atoms with Gasteiger partial charge in [0.25, 0.3) is 5.91 Å². The zero-order valence-electron chi connectivity index (χ0n) is 6.07. The minimum Gasteiger partial charge on any atom is -0.481 e. The maximum Gasteiger partial charge on any atom is 0.343 e. The maximum absolute atomic E-state index is 10.4. The molecule has 1 amide bonds. The molecule has 0 aliphatic carbocycles. The topological polar surface area (TPSA) is 119 Å². The van der Waals surface area contributed by atoms with Crippen molar-refractivity contribution in [3.8, 4) is 0 Å². The number of carbonyl (C=O) groups is 3. The Kier molecular flexibility index (Phi) is 4.39. The van der Waals surface area contributed by atoms with Gasteiger partial charge >= 0.3 is 11.9 Å². The van der Waals surface area contributed by atoms with Crippen LogP contribution in [-0.2, 0) is 19.2 Å². The van der Waals surface area contributed by atoms with E-state index in [0.29, 0.717) is 0 Å². The van der Waals surface area contributed by atoms with Crippen LogP contribution in [0.3, 0.4) is 0 Å². The van der Waals surface area contributed by atoms with Gasteiger partial charge in [-0.05, 0) is 0 Å². The van der Waals surface area contributed by atoms with Crippen LogP contribution in [0.2, 0.25) is 0 Å². The minimum absolute atomic E-state index is 0.333. The first-order valence-electron chi connectivity index (χ1n) is 2.96. The fourth-order valence-corrected chi connectivity index (χ4v) is 0.315. The highest BCUT2D eigenvalue weighted by Gasteiger charge is 2.09. The fraction of sp³-hybridized carbons (Fsp3) is 0.400. The lowest BCUT2D eigenvalue weighted by molar-refractivity contribution is -0.161. The van der Waals surface area contributed by atoms with Crippen molar-refractivity contribution in [2.24, 2.45) is 5.73 Å². The normalized spacial score (nSPS) is 8.75. The Morgan fingerprint density at radius 1 is 1.42 bits per heavy atom. The number of carboxylic acid groups (broad SMARTS) is 1. The van der Waals surface area contributed by atoms with Gasteiger partial charge in [0.2, 0.25) is 0 Å². The second-order valence-corrected chi connectivity index (χ2v) is 1.77. The highest BCUT2D eigenvalue weighted by molar-refractivity contribution is 5.90. The molecule has 0 bridgehead atoms. The van der Waals surface area contributed by atoms with Crippen molar-refractivity contribution in [1.29, 1.82) is 0 Å². The van der Waals surface area contributed by atoms with Crippen LogP contribution in [0, 0.1) is 0 Å². The van der Waals surface area contributed by atoms with Gasteiger partial charge in [-0.25, -0.2) is 4.79 Å². The number of nitrogens with two attached hydrogens (primary N) is 1. The molecule has 0 saturated carbocycles. The van der Waals surface area contributed by atoms with Crippen LogP contribution in [-0.4, -0.2) is 29.5 Å². The van der Waals surface area contributed by atoms with Crippen molar-refractivity contribution in [1.82, 2.24) is 5.48 Å². The van der Waals surface area contributed by atoms with Gasteiger partial charge in [-0.3, -0.25) is 9.59 Å². The van der Waals surface area contributed by atoms with E-state index in [9.17, 15) is 14.4 Å². The van der Waals surface area contributed by atoms with Crippen LogP contribution in [0.5, 0.6) is 0 Å². The molecule has 0 aliphatic heterocycles. The van der Waals surface area contributed by atoms with E-state index in [2.05, 4.69) is 4.84 Å². The lowest BCUT2D eigenvalue weighted by Gasteiger charge is -2.01. The van der Waals surface area contributed by atoms with Gasteiger partial charge in [0.1, 0.15) is 6.42 Å². The molecule has 0 atom stereocenters. The molecule has 0 fully saturated rings. The Morgan fingerprint density at radius 3 is 2.42 bits per heavy atom. The van der Waals surface area contributed by atoms with E-state index >= 15 is 0 Å². The molecule has 7 heteroatoms. The summed E-state index contributed by atoms with van der Waals surface area (Å²) in [5.74, 6) is -3.08. The molecule has 0 aromatic carbocycles. The molecule has 0 radical (unpaired) electrons. The van der Waals surface area contributed by atoms with Gasteiger partial charge in [-0.2, -0.15) is 5.48 Å². The van der Waals surface area contributed by atoms with Crippen molar-refractivity contribution in [3.05, 3.63) is 0 Å². The van der Waals surface area contributed by atoms with Crippen molar-refractivity contribution < 1.29 is 24.3 Å². The van der Waals surface area contributed by atoms with Gasteiger partial charge < -0.3 is 15.7 Å². The van der Waals surface area contributed by atoms with E-state index < -0.39 is 24.3 Å². The van der Waals surface area contributed by atoms with E-state index in [1.54, 1.807) is 5.48 Å².